The van der Waals surface area contributed by atoms with E-state index in [-0.39, 0.29) is 6.61 Å². The highest BCUT2D eigenvalue weighted by Crippen LogP contribution is 2.29. The van der Waals surface area contributed by atoms with Gasteiger partial charge >= 0.3 is 0 Å². The molecule has 0 amide bonds. The summed E-state index contributed by atoms with van der Waals surface area (Å²) in [6.45, 7) is 4.34. The molecule has 1 aliphatic heterocycles. The molecule has 0 bridgehead atoms. The topological polar surface area (TPSA) is 55.4 Å². The van der Waals surface area contributed by atoms with Crippen LogP contribution < -0.4 is 0 Å². The molecule has 4 rings (SSSR count). The van der Waals surface area contributed by atoms with Gasteiger partial charge in [-0.15, -0.1) is 0 Å². The molecule has 152 valence electrons. The number of aromatic amines is 1. The molecule has 2 N–H and O–H groups in total. The van der Waals surface area contributed by atoms with Crippen LogP contribution in [0.4, 0.5) is 0 Å². The maximum absolute atomic E-state index is 9.62. The van der Waals surface area contributed by atoms with Crippen LogP contribution in [0.5, 0.6) is 0 Å². The maximum Gasteiger partial charge on any atom is 0.0695 e. The smallest absolute Gasteiger partial charge is 0.0695 e. The van der Waals surface area contributed by atoms with Gasteiger partial charge in [0.25, 0.3) is 0 Å². The first-order chi connectivity index (χ1) is 13.7. The molecule has 1 saturated heterocycles. The summed E-state index contributed by atoms with van der Waals surface area (Å²) in [6, 6.07) is 9.08. The molecule has 2 heterocycles. The highest BCUT2D eigenvalue weighted by atomic mass is 35.5. The lowest BCUT2D eigenvalue weighted by Gasteiger charge is -2.46. The molecule has 2 aromatic rings. The van der Waals surface area contributed by atoms with Gasteiger partial charge in [0.15, 0.2) is 0 Å². The van der Waals surface area contributed by atoms with E-state index in [1.165, 1.54) is 37.7 Å². The Bertz CT molecular complexity index is 741. The number of aromatic nitrogens is 2. The first kappa shape index (κ1) is 19.9. The second-order valence-corrected chi connectivity index (χ2v) is 8.64. The van der Waals surface area contributed by atoms with Gasteiger partial charge in [-0.2, -0.15) is 5.10 Å². The molecule has 5 nitrogen and oxygen atoms in total. The molecule has 2 fully saturated rings. The van der Waals surface area contributed by atoms with Crippen LogP contribution in [-0.4, -0.2) is 63.4 Å². The number of nitrogens with zero attached hydrogens (tertiary/aromatic N) is 3. The monoisotopic (exact) mass is 402 g/mol. The van der Waals surface area contributed by atoms with Crippen molar-refractivity contribution in [1.29, 1.82) is 0 Å². The summed E-state index contributed by atoms with van der Waals surface area (Å²) in [5.41, 5.74) is 3.41. The molecule has 6 heteroatoms. The van der Waals surface area contributed by atoms with E-state index in [9.17, 15) is 5.11 Å². The number of hydrogen-bond donors (Lipinski definition) is 2. The summed E-state index contributed by atoms with van der Waals surface area (Å²) < 4.78 is 0. The molecular weight excluding hydrogens is 372 g/mol. The molecule has 0 radical (unpaired) electrons. The highest BCUT2D eigenvalue weighted by Gasteiger charge is 2.32. The Hall–Kier alpha value is -1.40. The number of aliphatic hydroxyl groups is 1. The van der Waals surface area contributed by atoms with Crippen LogP contribution in [0, 0.1) is 0 Å². The predicted octanol–water partition coefficient (Wildman–Crippen LogP) is 3.93. The minimum Gasteiger partial charge on any atom is -0.396 e. The molecule has 1 unspecified atom stereocenters. The second-order valence-electron chi connectivity index (χ2n) is 8.21. The van der Waals surface area contributed by atoms with E-state index in [1.54, 1.807) is 0 Å². The van der Waals surface area contributed by atoms with Crippen molar-refractivity contribution in [2.75, 3.05) is 26.2 Å². The van der Waals surface area contributed by atoms with Crippen LogP contribution in [0.15, 0.2) is 30.5 Å². The van der Waals surface area contributed by atoms with Gasteiger partial charge in [-0.1, -0.05) is 43.0 Å². The minimum atomic E-state index is 0.267. The van der Waals surface area contributed by atoms with E-state index in [2.05, 4.69) is 20.0 Å². The number of hydrogen-bond acceptors (Lipinski definition) is 4. The van der Waals surface area contributed by atoms with E-state index in [0.29, 0.717) is 12.1 Å². The minimum absolute atomic E-state index is 0.267. The highest BCUT2D eigenvalue weighted by molar-refractivity contribution is 6.30. The Kier molecular flexibility index (Phi) is 6.68. The fourth-order valence-corrected chi connectivity index (χ4v) is 5.04. The number of halogens is 1. The number of benzene rings is 1. The van der Waals surface area contributed by atoms with Crippen molar-refractivity contribution in [3.8, 4) is 11.3 Å². The Morgan fingerprint density at radius 1 is 1.11 bits per heavy atom. The molecular formula is C22H31ClN4O. The lowest BCUT2D eigenvalue weighted by molar-refractivity contribution is 0.0137. The Morgan fingerprint density at radius 3 is 2.64 bits per heavy atom. The van der Waals surface area contributed by atoms with Gasteiger partial charge < -0.3 is 5.11 Å². The Balaban J connectivity index is 1.43. The van der Waals surface area contributed by atoms with Gasteiger partial charge in [-0.3, -0.25) is 14.9 Å². The van der Waals surface area contributed by atoms with Crippen LogP contribution in [0.3, 0.4) is 0 Å². The molecule has 1 saturated carbocycles. The second kappa shape index (κ2) is 9.40. The number of piperazine rings is 1. The zero-order valence-electron chi connectivity index (χ0n) is 16.5. The summed E-state index contributed by atoms with van der Waals surface area (Å²) in [4.78, 5) is 5.21. The first-order valence-corrected chi connectivity index (χ1v) is 11.0. The van der Waals surface area contributed by atoms with Crippen LogP contribution in [-0.2, 0) is 6.54 Å². The molecule has 0 spiro atoms. The van der Waals surface area contributed by atoms with E-state index in [0.717, 1.165) is 48.9 Å². The fourth-order valence-electron chi connectivity index (χ4n) is 4.92. The van der Waals surface area contributed by atoms with Gasteiger partial charge in [-0.25, -0.2) is 0 Å². The lowest BCUT2D eigenvalue weighted by Crippen LogP contribution is -2.56. The van der Waals surface area contributed by atoms with Crippen LogP contribution in [0.2, 0.25) is 5.02 Å². The van der Waals surface area contributed by atoms with Gasteiger partial charge in [0, 0.05) is 55.5 Å². The summed E-state index contributed by atoms with van der Waals surface area (Å²) >= 11 is 6.03. The number of nitrogens with one attached hydrogen (secondary N) is 1. The summed E-state index contributed by atoms with van der Waals surface area (Å²) in [5, 5.41) is 17.8. The van der Waals surface area contributed by atoms with Gasteiger partial charge in [0.1, 0.15) is 0 Å². The molecule has 2 aliphatic rings. The Morgan fingerprint density at radius 2 is 1.89 bits per heavy atom. The van der Waals surface area contributed by atoms with Crippen LogP contribution in [0.1, 0.15) is 44.1 Å². The van der Waals surface area contributed by atoms with Crippen molar-refractivity contribution in [3.05, 3.63) is 41.0 Å². The SMILES string of the molecule is OCCC1CN(Cc2cn[nH]c2-c2ccc(Cl)cc2)CCN1C1CCCCC1. The van der Waals surface area contributed by atoms with Gasteiger partial charge in [-0.05, 0) is 37.0 Å². The normalized spacial score (nSPS) is 22.6. The van der Waals surface area contributed by atoms with Gasteiger partial charge in [0.2, 0.25) is 0 Å². The fraction of sp³-hybridized carbons (Fsp3) is 0.591. The standard InChI is InChI=1S/C22H31ClN4O/c23-19-8-6-17(7-9-19)22-18(14-24-25-22)15-26-11-12-27(21(16-26)10-13-28)20-4-2-1-3-5-20/h6-9,14,20-21,28H,1-5,10-13,15-16H2,(H,24,25). The van der Waals surface area contributed by atoms with E-state index in [4.69, 9.17) is 11.6 Å². The zero-order chi connectivity index (χ0) is 19.3. The number of aliphatic hydroxyl groups excluding tert-OH is 1. The zero-order valence-corrected chi connectivity index (χ0v) is 17.2. The average molecular weight is 403 g/mol. The van der Waals surface area contributed by atoms with Crippen molar-refractivity contribution < 1.29 is 5.11 Å². The largest absolute Gasteiger partial charge is 0.396 e. The van der Waals surface area contributed by atoms with Gasteiger partial charge in [0.05, 0.1) is 11.9 Å². The van der Waals surface area contributed by atoms with Crippen molar-refractivity contribution in [1.82, 2.24) is 20.0 Å². The predicted molar refractivity (Wildman–Crippen MR) is 113 cm³/mol. The quantitative estimate of drug-likeness (QED) is 0.768. The van der Waals surface area contributed by atoms with E-state index < -0.39 is 0 Å². The number of H-pyrrole nitrogens is 1. The summed E-state index contributed by atoms with van der Waals surface area (Å²) in [7, 11) is 0. The summed E-state index contributed by atoms with van der Waals surface area (Å²) in [5.74, 6) is 0. The third-order valence-electron chi connectivity index (χ3n) is 6.36. The number of rotatable bonds is 6. The van der Waals surface area contributed by atoms with Crippen LogP contribution in [0.25, 0.3) is 11.3 Å². The van der Waals surface area contributed by atoms with Crippen molar-refractivity contribution in [2.45, 2.75) is 57.2 Å². The lowest BCUT2D eigenvalue weighted by atomic mass is 9.91. The van der Waals surface area contributed by atoms with E-state index >= 15 is 0 Å². The van der Waals surface area contributed by atoms with Crippen LogP contribution >= 0.6 is 11.6 Å². The molecule has 1 aliphatic carbocycles. The average Bonchev–Trinajstić information content (AvgIpc) is 3.18. The van der Waals surface area contributed by atoms with Crippen molar-refractivity contribution in [2.24, 2.45) is 0 Å². The molecule has 1 aromatic heterocycles. The third-order valence-corrected chi connectivity index (χ3v) is 6.62. The third kappa shape index (κ3) is 4.60. The molecule has 28 heavy (non-hydrogen) atoms. The summed E-state index contributed by atoms with van der Waals surface area (Å²) in [6.07, 6.45) is 9.55. The molecule has 1 aromatic carbocycles. The van der Waals surface area contributed by atoms with Crippen molar-refractivity contribution >= 4 is 11.6 Å². The maximum atomic E-state index is 9.62. The Labute approximate surface area is 172 Å². The van der Waals surface area contributed by atoms with E-state index in [1.807, 2.05) is 30.5 Å². The van der Waals surface area contributed by atoms with Crippen molar-refractivity contribution in [3.63, 3.8) is 0 Å². The molecule has 1 atom stereocenters. The first-order valence-electron chi connectivity index (χ1n) is 10.6.